The van der Waals surface area contributed by atoms with Gasteiger partial charge >= 0.3 is 0 Å². The van der Waals surface area contributed by atoms with Gasteiger partial charge in [0, 0.05) is 23.6 Å². The summed E-state index contributed by atoms with van der Waals surface area (Å²) in [5.74, 6) is 0.663. The Hall–Kier alpha value is -2.34. The molecule has 0 fully saturated rings. The van der Waals surface area contributed by atoms with Crippen molar-refractivity contribution >= 4 is 28.1 Å². The van der Waals surface area contributed by atoms with Crippen LogP contribution in [0.4, 0.5) is 0 Å². The highest BCUT2D eigenvalue weighted by Crippen LogP contribution is 2.27. The molecule has 6 heteroatoms. The summed E-state index contributed by atoms with van der Waals surface area (Å²) in [5, 5.41) is 0. The number of rotatable bonds is 7. The van der Waals surface area contributed by atoms with Gasteiger partial charge in [0.2, 0.25) is 0 Å². The Bertz CT molecular complexity index is 733. The lowest BCUT2D eigenvalue weighted by Gasteiger charge is -2.19. The fourth-order valence-corrected chi connectivity index (χ4v) is 2.51. The molecule has 0 N–H and O–H groups in total. The van der Waals surface area contributed by atoms with E-state index in [0.717, 1.165) is 10.0 Å². The molecule has 0 saturated carbocycles. The maximum Gasteiger partial charge on any atom is 0.260 e. The van der Waals surface area contributed by atoms with Gasteiger partial charge in [0.15, 0.2) is 18.1 Å². The van der Waals surface area contributed by atoms with E-state index < -0.39 is 0 Å². The summed E-state index contributed by atoms with van der Waals surface area (Å²) in [6, 6.07) is 12.5. The molecule has 0 aromatic heterocycles. The van der Waals surface area contributed by atoms with Gasteiger partial charge in [0.25, 0.3) is 5.91 Å². The second-order valence-corrected chi connectivity index (χ2v) is 6.01. The van der Waals surface area contributed by atoms with Crippen LogP contribution in [0, 0.1) is 0 Å². The molecule has 0 aliphatic carbocycles. The number of nitrogens with zero attached hydrogens (tertiary/aromatic N) is 1. The minimum absolute atomic E-state index is 0.139. The molecule has 0 aliphatic rings. The van der Waals surface area contributed by atoms with Crippen LogP contribution in [0.25, 0.3) is 0 Å². The van der Waals surface area contributed by atoms with Gasteiger partial charge in [-0.15, -0.1) is 0 Å². The highest BCUT2D eigenvalue weighted by atomic mass is 79.9. The van der Waals surface area contributed by atoms with Crippen molar-refractivity contribution in [2.24, 2.45) is 0 Å². The molecule has 0 radical (unpaired) electrons. The van der Waals surface area contributed by atoms with E-state index in [1.807, 2.05) is 24.3 Å². The molecular formula is C18H18BrNO4. The third kappa shape index (κ3) is 4.58. The molecule has 0 unspecified atom stereocenters. The SMILES string of the molecule is COc1ccc(C=O)cc1OCC(=O)N(C)Cc1ccccc1Br. The summed E-state index contributed by atoms with van der Waals surface area (Å²) >= 11 is 3.47. The van der Waals surface area contributed by atoms with Gasteiger partial charge < -0.3 is 14.4 Å². The molecule has 5 nitrogen and oxygen atoms in total. The first-order valence-electron chi connectivity index (χ1n) is 7.28. The molecule has 2 aromatic rings. The zero-order valence-electron chi connectivity index (χ0n) is 13.5. The van der Waals surface area contributed by atoms with Gasteiger partial charge in [-0.2, -0.15) is 0 Å². The second-order valence-electron chi connectivity index (χ2n) is 5.16. The Balaban J connectivity index is 2.00. The zero-order chi connectivity index (χ0) is 17.5. The van der Waals surface area contributed by atoms with E-state index in [2.05, 4.69) is 15.9 Å². The number of halogens is 1. The van der Waals surface area contributed by atoms with Crippen LogP contribution in [-0.2, 0) is 11.3 Å². The minimum Gasteiger partial charge on any atom is -0.493 e. The molecule has 2 rings (SSSR count). The first-order chi connectivity index (χ1) is 11.5. The molecule has 24 heavy (non-hydrogen) atoms. The van der Waals surface area contributed by atoms with E-state index in [-0.39, 0.29) is 12.5 Å². The smallest absolute Gasteiger partial charge is 0.260 e. The molecule has 126 valence electrons. The van der Waals surface area contributed by atoms with Crippen LogP contribution in [0.1, 0.15) is 15.9 Å². The summed E-state index contributed by atoms with van der Waals surface area (Å²) in [6.45, 7) is 0.328. The van der Waals surface area contributed by atoms with Crippen molar-refractivity contribution in [3.05, 3.63) is 58.1 Å². The van der Waals surface area contributed by atoms with Crippen molar-refractivity contribution in [3.8, 4) is 11.5 Å². The van der Waals surface area contributed by atoms with Crippen LogP contribution in [0.5, 0.6) is 11.5 Å². The van der Waals surface area contributed by atoms with E-state index in [4.69, 9.17) is 9.47 Å². The van der Waals surface area contributed by atoms with Gasteiger partial charge in [-0.05, 0) is 29.8 Å². The number of aldehydes is 1. The Morgan fingerprint density at radius 1 is 1.21 bits per heavy atom. The number of methoxy groups -OCH3 is 1. The summed E-state index contributed by atoms with van der Waals surface area (Å²) in [5.41, 5.74) is 1.47. The molecule has 0 aliphatic heterocycles. The maximum atomic E-state index is 12.3. The number of hydrogen-bond donors (Lipinski definition) is 0. The van der Waals surface area contributed by atoms with Crippen molar-refractivity contribution in [3.63, 3.8) is 0 Å². The minimum atomic E-state index is -0.177. The third-order valence-electron chi connectivity index (χ3n) is 3.47. The highest BCUT2D eigenvalue weighted by molar-refractivity contribution is 9.10. The Kier molecular flexibility index (Phi) is 6.37. The van der Waals surface area contributed by atoms with Crippen LogP contribution in [0.2, 0.25) is 0 Å². The second kappa shape index (κ2) is 8.49. The maximum absolute atomic E-state index is 12.3. The molecule has 0 saturated heterocycles. The lowest BCUT2D eigenvalue weighted by molar-refractivity contribution is -0.132. The topological polar surface area (TPSA) is 55.8 Å². The predicted octanol–water partition coefficient (Wildman–Crippen LogP) is 3.31. The van der Waals surface area contributed by atoms with Crippen LogP contribution in [0.15, 0.2) is 46.9 Å². The van der Waals surface area contributed by atoms with Gasteiger partial charge in [0.1, 0.15) is 6.29 Å². The predicted molar refractivity (Wildman–Crippen MR) is 94.5 cm³/mol. The lowest BCUT2D eigenvalue weighted by atomic mass is 10.2. The van der Waals surface area contributed by atoms with E-state index in [1.54, 1.807) is 30.1 Å². The number of likely N-dealkylation sites (N-methyl/N-ethyl adjacent to an activating group) is 1. The normalized spacial score (nSPS) is 10.1. The average molecular weight is 392 g/mol. The first kappa shape index (κ1) is 18.0. The quantitative estimate of drug-likeness (QED) is 0.679. The van der Waals surface area contributed by atoms with E-state index in [0.29, 0.717) is 29.9 Å². The molecule has 2 aromatic carbocycles. The fourth-order valence-electron chi connectivity index (χ4n) is 2.10. The molecule has 0 spiro atoms. The molecule has 1 amide bonds. The number of amides is 1. The van der Waals surface area contributed by atoms with Crippen LogP contribution in [0.3, 0.4) is 0 Å². The summed E-state index contributed by atoms with van der Waals surface area (Å²) < 4.78 is 11.7. The average Bonchev–Trinajstić information content (AvgIpc) is 2.61. The van der Waals surface area contributed by atoms with Crippen LogP contribution < -0.4 is 9.47 Å². The summed E-state index contributed by atoms with van der Waals surface area (Å²) in [7, 11) is 3.22. The standard InChI is InChI=1S/C18H18BrNO4/c1-20(10-14-5-3-4-6-15(14)19)18(22)12-24-17-9-13(11-21)7-8-16(17)23-2/h3-9,11H,10,12H2,1-2H3. The molecule has 0 bridgehead atoms. The number of carbonyl (C=O) groups excluding carboxylic acids is 2. The Morgan fingerprint density at radius 3 is 2.62 bits per heavy atom. The fraction of sp³-hybridized carbons (Fsp3) is 0.222. The van der Waals surface area contributed by atoms with Crippen molar-refractivity contribution in [2.45, 2.75) is 6.54 Å². The number of carbonyl (C=O) groups is 2. The third-order valence-corrected chi connectivity index (χ3v) is 4.24. The van der Waals surface area contributed by atoms with E-state index in [1.165, 1.54) is 7.11 Å². The number of ether oxygens (including phenoxy) is 2. The lowest BCUT2D eigenvalue weighted by Crippen LogP contribution is -2.31. The van der Waals surface area contributed by atoms with Crippen molar-refractivity contribution in [1.82, 2.24) is 4.90 Å². The zero-order valence-corrected chi connectivity index (χ0v) is 15.1. The van der Waals surface area contributed by atoms with Gasteiger partial charge in [-0.25, -0.2) is 0 Å². The number of benzene rings is 2. The first-order valence-corrected chi connectivity index (χ1v) is 8.08. The Labute approximate surface area is 149 Å². The summed E-state index contributed by atoms with van der Waals surface area (Å²) in [4.78, 5) is 24.7. The largest absolute Gasteiger partial charge is 0.493 e. The van der Waals surface area contributed by atoms with Crippen LogP contribution in [-0.4, -0.2) is 37.9 Å². The summed E-state index contributed by atoms with van der Waals surface area (Å²) in [6.07, 6.45) is 0.715. The molecular weight excluding hydrogens is 374 g/mol. The highest BCUT2D eigenvalue weighted by Gasteiger charge is 2.13. The van der Waals surface area contributed by atoms with Crippen molar-refractivity contribution < 1.29 is 19.1 Å². The van der Waals surface area contributed by atoms with Gasteiger partial charge in [0.05, 0.1) is 7.11 Å². The van der Waals surface area contributed by atoms with Crippen molar-refractivity contribution in [1.29, 1.82) is 0 Å². The van der Waals surface area contributed by atoms with Crippen molar-refractivity contribution in [2.75, 3.05) is 20.8 Å². The Morgan fingerprint density at radius 2 is 1.96 bits per heavy atom. The van der Waals surface area contributed by atoms with Gasteiger partial charge in [-0.3, -0.25) is 9.59 Å². The monoisotopic (exact) mass is 391 g/mol. The van der Waals surface area contributed by atoms with Gasteiger partial charge in [-0.1, -0.05) is 34.1 Å². The van der Waals surface area contributed by atoms with Crippen LogP contribution >= 0.6 is 15.9 Å². The van der Waals surface area contributed by atoms with E-state index in [9.17, 15) is 9.59 Å². The van der Waals surface area contributed by atoms with E-state index >= 15 is 0 Å². The number of hydrogen-bond acceptors (Lipinski definition) is 4. The molecule has 0 heterocycles. The molecule has 0 atom stereocenters.